The molecule has 4 heteroatoms. The minimum Gasteiger partial charge on any atom is -0.493 e. The number of imidazole rings is 1. The van der Waals surface area contributed by atoms with Gasteiger partial charge >= 0.3 is 0 Å². The van der Waals surface area contributed by atoms with Gasteiger partial charge in [-0.25, -0.2) is 4.98 Å². The summed E-state index contributed by atoms with van der Waals surface area (Å²) in [5.74, 6) is 2.40. The molecule has 0 N–H and O–H groups in total. The summed E-state index contributed by atoms with van der Waals surface area (Å²) in [6.07, 6.45) is 4.53. The number of hydrogen-bond acceptors (Lipinski definition) is 2. The van der Waals surface area contributed by atoms with E-state index in [9.17, 15) is 0 Å². The van der Waals surface area contributed by atoms with Crippen molar-refractivity contribution in [2.24, 2.45) is 7.05 Å². The molecule has 0 aliphatic heterocycles. The van der Waals surface area contributed by atoms with E-state index in [2.05, 4.69) is 4.98 Å². The molecule has 90 valence electrons. The first-order chi connectivity index (χ1) is 8.29. The molecule has 0 amide bonds. The van der Waals surface area contributed by atoms with Crippen LogP contribution in [0.2, 0.25) is 0 Å². The van der Waals surface area contributed by atoms with Gasteiger partial charge in [-0.2, -0.15) is 0 Å². The maximum absolute atomic E-state index is 5.77. The number of alkyl halides is 1. The van der Waals surface area contributed by atoms with Crippen LogP contribution in [0, 0.1) is 0 Å². The number of aromatic nitrogens is 2. The molecule has 2 rings (SSSR count). The van der Waals surface area contributed by atoms with Crippen molar-refractivity contribution < 1.29 is 4.74 Å². The van der Waals surface area contributed by atoms with Crippen molar-refractivity contribution in [1.82, 2.24) is 9.55 Å². The summed E-state index contributed by atoms with van der Waals surface area (Å²) in [6, 6.07) is 7.84. The lowest BCUT2D eigenvalue weighted by Gasteiger charge is -2.07. The van der Waals surface area contributed by atoms with Crippen LogP contribution >= 0.6 is 11.6 Å². The predicted molar refractivity (Wildman–Crippen MR) is 68.4 cm³/mol. The van der Waals surface area contributed by atoms with Gasteiger partial charge in [0.2, 0.25) is 0 Å². The summed E-state index contributed by atoms with van der Waals surface area (Å²) in [5, 5.41) is 0. The fourth-order valence-corrected chi connectivity index (χ4v) is 1.78. The number of ether oxygens (including phenoxy) is 1. The van der Waals surface area contributed by atoms with Gasteiger partial charge in [-0.3, -0.25) is 0 Å². The Balaban J connectivity index is 1.87. The minimum absolute atomic E-state index is 0.510. The van der Waals surface area contributed by atoms with Crippen molar-refractivity contribution in [2.45, 2.75) is 12.3 Å². The van der Waals surface area contributed by atoms with Gasteiger partial charge in [0.25, 0.3) is 0 Å². The van der Waals surface area contributed by atoms with E-state index in [1.807, 2.05) is 42.1 Å². The van der Waals surface area contributed by atoms with Crippen LogP contribution < -0.4 is 4.74 Å². The molecular formula is C13H15ClN2O. The molecule has 0 fully saturated rings. The summed E-state index contributed by atoms with van der Waals surface area (Å²) in [6.45, 7) is 0.622. The Morgan fingerprint density at radius 3 is 3.00 bits per heavy atom. The Bertz CT molecular complexity index is 482. The van der Waals surface area contributed by atoms with Crippen molar-refractivity contribution >= 4 is 11.6 Å². The fraction of sp³-hybridized carbons (Fsp3) is 0.308. The zero-order valence-corrected chi connectivity index (χ0v) is 10.5. The number of halogens is 1. The standard InChI is InChI=1S/C13H15ClN2O/c1-16-7-6-15-13(16)5-8-17-12-4-2-3-11(9-12)10-14/h2-4,6-7,9H,5,8,10H2,1H3. The fourth-order valence-electron chi connectivity index (χ4n) is 1.62. The van der Waals surface area contributed by atoms with Gasteiger partial charge < -0.3 is 9.30 Å². The van der Waals surface area contributed by atoms with Gasteiger partial charge in [0.15, 0.2) is 0 Å². The Hall–Kier alpha value is -1.48. The molecule has 1 heterocycles. The van der Waals surface area contributed by atoms with E-state index in [1.165, 1.54) is 0 Å². The highest BCUT2D eigenvalue weighted by molar-refractivity contribution is 6.17. The van der Waals surface area contributed by atoms with Crippen LogP contribution in [0.4, 0.5) is 0 Å². The van der Waals surface area contributed by atoms with E-state index in [0.717, 1.165) is 23.6 Å². The topological polar surface area (TPSA) is 27.1 Å². The largest absolute Gasteiger partial charge is 0.493 e. The van der Waals surface area contributed by atoms with Crippen molar-refractivity contribution in [1.29, 1.82) is 0 Å². The highest BCUT2D eigenvalue weighted by atomic mass is 35.5. The molecule has 0 saturated carbocycles. The summed E-state index contributed by atoms with van der Waals surface area (Å²) >= 11 is 5.77. The number of nitrogens with zero attached hydrogens (tertiary/aromatic N) is 2. The van der Waals surface area contributed by atoms with E-state index in [1.54, 1.807) is 6.20 Å². The first-order valence-corrected chi connectivity index (χ1v) is 6.07. The summed E-state index contributed by atoms with van der Waals surface area (Å²) < 4.78 is 7.66. The molecule has 0 bridgehead atoms. The lowest BCUT2D eigenvalue weighted by atomic mass is 10.2. The van der Waals surface area contributed by atoms with Gasteiger partial charge in [0, 0.05) is 31.7 Å². The van der Waals surface area contributed by atoms with Crippen LogP contribution in [0.1, 0.15) is 11.4 Å². The number of hydrogen-bond donors (Lipinski definition) is 0. The van der Waals surface area contributed by atoms with Crippen molar-refractivity contribution in [3.8, 4) is 5.75 Å². The molecule has 2 aromatic rings. The molecule has 3 nitrogen and oxygen atoms in total. The Kier molecular flexibility index (Phi) is 4.04. The van der Waals surface area contributed by atoms with Crippen molar-refractivity contribution in [2.75, 3.05) is 6.61 Å². The van der Waals surface area contributed by atoms with Crippen LogP contribution in [0.25, 0.3) is 0 Å². The zero-order valence-electron chi connectivity index (χ0n) is 9.77. The third-order valence-electron chi connectivity index (χ3n) is 2.57. The number of aryl methyl sites for hydroxylation is 1. The highest BCUT2D eigenvalue weighted by Crippen LogP contribution is 2.15. The Morgan fingerprint density at radius 1 is 1.41 bits per heavy atom. The summed E-state index contributed by atoms with van der Waals surface area (Å²) in [5.41, 5.74) is 1.07. The molecule has 0 radical (unpaired) electrons. The maximum Gasteiger partial charge on any atom is 0.119 e. The van der Waals surface area contributed by atoms with Crippen LogP contribution in [0.15, 0.2) is 36.7 Å². The zero-order chi connectivity index (χ0) is 12.1. The van der Waals surface area contributed by atoms with Gasteiger partial charge in [-0.05, 0) is 17.7 Å². The monoisotopic (exact) mass is 250 g/mol. The number of benzene rings is 1. The van der Waals surface area contributed by atoms with Crippen molar-refractivity contribution in [3.63, 3.8) is 0 Å². The van der Waals surface area contributed by atoms with E-state index < -0.39 is 0 Å². The second kappa shape index (κ2) is 5.73. The minimum atomic E-state index is 0.510. The third kappa shape index (κ3) is 3.24. The summed E-state index contributed by atoms with van der Waals surface area (Å²) in [7, 11) is 1.98. The Morgan fingerprint density at radius 2 is 2.29 bits per heavy atom. The molecule has 0 unspecified atom stereocenters. The predicted octanol–water partition coefficient (Wildman–Crippen LogP) is 2.78. The van der Waals surface area contributed by atoms with E-state index in [4.69, 9.17) is 16.3 Å². The van der Waals surface area contributed by atoms with Crippen LogP contribution in [0.3, 0.4) is 0 Å². The molecule has 0 spiro atoms. The second-order valence-corrected chi connectivity index (χ2v) is 4.10. The van der Waals surface area contributed by atoms with Gasteiger partial charge in [-0.1, -0.05) is 12.1 Å². The van der Waals surface area contributed by atoms with E-state index >= 15 is 0 Å². The van der Waals surface area contributed by atoms with Crippen LogP contribution in [0.5, 0.6) is 5.75 Å². The van der Waals surface area contributed by atoms with Crippen molar-refractivity contribution in [3.05, 3.63) is 48.0 Å². The molecule has 0 atom stereocenters. The lowest BCUT2D eigenvalue weighted by Crippen LogP contribution is -2.06. The molecule has 0 aliphatic rings. The lowest BCUT2D eigenvalue weighted by molar-refractivity contribution is 0.317. The SMILES string of the molecule is Cn1ccnc1CCOc1cccc(CCl)c1. The molecule has 17 heavy (non-hydrogen) atoms. The van der Waals surface area contributed by atoms with Gasteiger partial charge in [0.05, 0.1) is 6.61 Å². The van der Waals surface area contributed by atoms with Crippen LogP contribution in [-0.2, 0) is 19.3 Å². The van der Waals surface area contributed by atoms with E-state index in [-0.39, 0.29) is 0 Å². The Labute approximate surface area is 106 Å². The normalized spacial score (nSPS) is 10.5. The molecule has 1 aromatic carbocycles. The highest BCUT2D eigenvalue weighted by Gasteiger charge is 2.00. The van der Waals surface area contributed by atoms with Crippen LogP contribution in [-0.4, -0.2) is 16.2 Å². The summed E-state index contributed by atoms with van der Waals surface area (Å²) in [4.78, 5) is 4.24. The van der Waals surface area contributed by atoms with E-state index in [0.29, 0.717) is 12.5 Å². The maximum atomic E-state index is 5.77. The number of rotatable bonds is 5. The average molecular weight is 251 g/mol. The molecule has 0 saturated heterocycles. The molecule has 0 aliphatic carbocycles. The third-order valence-corrected chi connectivity index (χ3v) is 2.88. The first kappa shape index (κ1) is 12.0. The smallest absolute Gasteiger partial charge is 0.119 e. The van der Waals surface area contributed by atoms with Gasteiger partial charge in [-0.15, -0.1) is 11.6 Å². The average Bonchev–Trinajstić information content (AvgIpc) is 2.76. The van der Waals surface area contributed by atoms with Gasteiger partial charge in [0.1, 0.15) is 11.6 Å². The first-order valence-electron chi connectivity index (χ1n) is 5.53. The second-order valence-electron chi connectivity index (χ2n) is 3.83. The quantitative estimate of drug-likeness (QED) is 0.763. The molecule has 1 aromatic heterocycles. The molecular weight excluding hydrogens is 236 g/mol.